The zero-order valence-corrected chi connectivity index (χ0v) is 8.28. The van der Waals surface area contributed by atoms with Crippen LogP contribution in [0, 0.1) is 0 Å². The third-order valence-electron chi connectivity index (χ3n) is 1.72. The number of nitrogens with zero attached hydrogens (tertiary/aromatic N) is 2. The molecule has 0 aliphatic carbocycles. The molecule has 16 heavy (non-hydrogen) atoms. The Morgan fingerprint density at radius 3 is 2.50 bits per heavy atom. The SMILES string of the molecule is NC(N)=NN=CC(O)c1ccc(O)c(O)c1. The molecular formula is C9H12N4O3. The van der Waals surface area contributed by atoms with Crippen LogP contribution in [0.3, 0.4) is 0 Å². The molecule has 7 heteroatoms. The van der Waals surface area contributed by atoms with E-state index in [0.717, 1.165) is 6.21 Å². The van der Waals surface area contributed by atoms with Crippen molar-refractivity contribution >= 4 is 12.2 Å². The molecule has 0 amide bonds. The first-order valence-electron chi connectivity index (χ1n) is 4.32. The molecule has 7 nitrogen and oxygen atoms in total. The molecule has 0 aliphatic heterocycles. The molecule has 0 aromatic heterocycles. The van der Waals surface area contributed by atoms with E-state index in [9.17, 15) is 10.2 Å². The van der Waals surface area contributed by atoms with Crippen LogP contribution in [0.1, 0.15) is 11.7 Å². The Hall–Kier alpha value is -2.28. The summed E-state index contributed by atoms with van der Waals surface area (Å²) in [5.41, 5.74) is 10.4. The Kier molecular flexibility index (Phi) is 3.67. The van der Waals surface area contributed by atoms with Crippen molar-refractivity contribution in [3.63, 3.8) is 0 Å². The van der Waals surface area contributed by atoms with E-state index in [1.807, 2.05) is 0 Å². The summed E-state index contributed by atoms with van der Waals surface area (Å²) in [7, 11) is 0. The lowest BCUT2D eigenvalue weighted by atomic mass is 10.1. The third-order valence-corrected chi connectivity index (χ3v) is 1.72. The summed E-state index contributed by atoms with van der Waals surface area (Å²) in [6.07, 6.45) is 0.0144. The van der Waals surface area contributed by atoms with Crippen LogP contribution in [-0.2, 0) is 0 Å². The third kappa shape index (κ3) is 3.14. The second-order valence-corrected chi connectivity index (χ2v) is 2.98. The monoisotopic (exact) mass is 224 g/mol. The van der Waals surface area contributed by atoms with Gasteiger partial charge in [-0.15, -0.1) is 5.10 Å². The van der Waals surface area contributed by atoms with Crippen LogP contribution in [0.15, 0.2) is 28.4 Å². The van der Waals surface area contributed by atoms with E-state index in [1.54, 1.807) is 0 Å². The molecule has 0 saturated heterocycles. The molecule has 0 radical (unpaired) electrons. The van der Waals surface area contributed by atoms with Gasteiger partial charge in [-0.25, -0.2) is 0 Å². The summed E-state index contributed by atoms with van der Waals surface area (Å²) in [5.74, 6) is -0.819. The van der Waals surface area contributed by atoms with Gasteiger partial charge in [-0.3, -0.25) is 0 Å². The van der Waals surface area contributed by atoms with Crippen LogP contribution < -0.4 is 11.5 Å². The van der Waals surface area contributed by atoms with Crippen molar-refractivity contribution in [3.05, 3.63) is 23.8 Å². The minimum absolute atomic E-state index is 0.225. The molecule has 1 aromatic carbocycles. The van der Waals surface area contributed by atoms with Gasteiger partial charge < -0.3 is 26.8 Å². The highest BCUT2D eigenvalue weighted by Gasteiger charge is 2.07. The normalized spacial score (nSPS) is 12.6. The summed E-state index contributed by atoms with van der Waals surface area (Å²) in [6, 6.07) is 3.89. The topological polar surface area (TPSA) is 137 Å². The van der Waals surface area contributed by atoms with Crippen LogP contribution in [0.4, 0.5) is 0 Å². The van der Waals surface area contributed by atoms with Gasteiger partial charge in [-0.2, -0.15) is 5.10 Å². The number of hydrogen-bond acceptors (Lipinski definition) is 5. The maximum Gasteiger partial charge on any atom is 0.211 e. The van der Waals surface area contributed by atoms with Crippen LogP contribution in [0.25, 0.3) is 0 Å². The molecule has 0 fully saturated rings. The fourth-order valence-corrected chi connectivity index (χ4v) is 0.974. The number of benzene rings is 1. The van der Waals surface area contributed by atoms with Crippen LogP contribution >= 0.6 is 0 Å². The number of aliphatic hydroxyl groups is 1. The van der Waals surface area contributed by atoms with Gasteiger partial charge in [-0.1, -0.05) is 6.07 Å². The lowest BCUT2D eigenvalue weighted by Crippen LogP contribution is -2.21. The van der Waals surface area contributed by atoms with E-state index >= 15 is 0 Å². The van der Waals surface area contributed by atoms with E-state index < -0.39 is 6.10 Å². The van der Waals surface area contributed by atoms with Crippen LogP contribution in [-0.4, -0.2) is 27.5 Å². The number of rotatable bonds is 3. The smallest absolute Gasteiger partial charge is 0.211 e. The zero-order chi connectivity index (χ0) is 12.1. The van der Waals surface area contributed by atoms with Crippen LogP contribution in [0.5, 0.6) is 11.5 Å². The zero-order valence-electron chi connectivity index (χ0n) is 8.28. The Balaban J connectivity index is 2.81. The Morgan fingerprint density at radius 2 is 1.94 bits per heavy atom. The summed E-state index contributed by atoms with van der Waals surface area (Å²) >= 11 is 0. The molecule has 86 valence electrons. The number of aliphatic hydroxyl groups excluding tert-OH is 1. The Labute approximate surface area is 91.3 Å². The highest BCUT2D eigenvalue weighted by atomic mass is 16.3. The van der Waals surface area contributed by atoms with Gasteiger partial charge in [-0.05, 0) is 17.7 Å². The first kappa shape index (κ1) is 11.8. The van der Waals surface area contributed by atoms with E-state index in [1.165, 1.54) is 18.2 Å². The lowest BCUT2D eigenvalue weighted by Gasteiger charge is -2.05. The first-order chi connectivity index (χ1) is 7.50. The second-order valence-electron chi connectivity index (χ2n) is 2.98. The maximum atomic E-state index is 9.56. The fourth-order valence-electron chi connectivity index (χ4n) is 0.974. The summed E-state index contributed by atoms with van der Waals surface area (Å²) in [6.45, 7) is 0. The Bertz CT molecular complexity index is 427. The van der Waals surface area contributed by atoms with E-state index in [4.69, 9.17) is 16.6 Å². The van der Waals surface area contributed by atoms with Crippen molar-refractivity contribution in [3.8, 4) is 11.5 Å². The summed E-state index contributed by atoms with van der Waals surface area (Å²) in [5, 5.41) is 34.5. The van der Waals surface area contributed by atoms with Gasteiger partial charge in [0.15, 0.2) is 11.5 Å². The molecule has 1 rings (SSSR count). The standard InChI is InChI=1S/C9H12N4O3/c10-9(11)13-12-4-8(16)5-1-2-6(14)7(15)3-5/h1-4,8,14-16H,(H4,10,11,13). The number of phenols is 2. The van der Waals surface area contributed by atoms with Crippen molar-refractivity contribution in [1.29, 1.82) is 0 Å². The number of phenolic OH excluding ortho intramolecular Hbond substituents is 2. The molecule has 1 unspecified atom stereocenters. The number of aromatic hydroxyl groups is 2. The van der Waals surface area contributed by atoms with Gasteiger partial charge in [0.25, 0.3) is 0 Å². The summed E-state index contributed by atoms with van der Waals surface area (Å²) < 4.78 is 0. The average Bonchev–Trinajstić information content (AvgIpc) is 2.21. The van der Waals surface area contributed by atoms with E-state index in [0.29, 0.717) is 5.56 Å². The summed E-state index contributed by atoms with van der Waals surface area (Å²) in [4.78, 5) is 0. The minimum Gasteiger partial charge on any atom is -0.504 e. The highest BCUT2D eigenvalue weighted by molar-refractivity contribution is 5.76. The highest BCUT2D eigenvalue weighted by Crippen LogP contribution is 2.27. The van der Waals surface area contributed by atoms with Crippen molar-refractivity contribution < 1.29 is 15.3 Å². The lowest BCUT2D eigenvalue weighted by molar-refractivity contribution is 0.251. The molecule has 0 heterocycles. The van der Waals surface area contributed by atoms with E-state index in [-0.39, 0.29) is 17.5 Å². The quantitative estimate of drug-likeness (QED) is 0.202. The molecule has 1 atom stereocenters. The maximum absolute atomic E-state index is 9.56. The van der Waals surface area contributed by atoms with Gasteiger partial charge >= 0.3 is 0 Å². The fraction of sp³-hybridized carbons (Fsp3) is 0.111. The number of nitrogens with two attached hydrogens (primary N) is 2. The Morgan fingerprint density at radius 1 is 1.25 bits per heavy atom. The van der Waals surface area contributed by atoms with Crippen molar-refractivity contribution in [2.24, 2.45) is 21.7 Å². The molecule has 7 N–H and O–H groups in total. The van der Waals surface area contributed by atoms with Crippen molar-refractivity contribution in [2.45, 2.75) is 6.10 Å². The molecule has 0 bridgehead atoms. The predicted molar refractivity (Wildman–Crippen MR) is 59.0 cm³/mol. The first-order valence-corrected chi connectivity index (χ1v) is 4.32. The largest absolute Gasteiger partial charge is 0.504 e. The molecule has 1 aromatic rings. The second kappa shape index (κ2) is 4.99. The van der Waals surface area contributed by atoms with Crippen LogP contribution in [0.2, 0.25) is 0 Å². The van der Waals surface area contributed by atoms with Gasteiger partial charge in [0.1, 0.15) is 6.10 Å². The van der Waals surface area contributed by atoms with Crippen molar-refractivity contribution in [1.82, 2.24) is 0 Å². The van der Waals surface area contributed by atoms with Crippen molar-refractivity contribution in [2.75, 3.05) is 0 Å². The molecule has 0 aliphatic rings. The van der Waals surface area contributed by atoms with Gasteiger partial charge in [0.2, 0.25) is 5.96 Å². The molecule has 0 saturated carbocycles. The minimum atomic E-state index is -1.07. The van der Waals surface area contributed by atoms with E-state index in [2.05, 4.69) is 10.2 Å². The van der Waals surface area contributed by atoms with Gasteiger partial charge in [0.05, 0.1) is 6.21 Å². The predicted octanol–water partition coefficient (Wildman–Crippen LogP) is -0.610. The number of hydrogen-bond donors (Lipinski definition) is 5. The molecule has 0 spiro atoms. The molecular weight excluding hydrogens is 212 g/mol. The van der Waals surface area contributed by atoms with Gasteiger partial charge in [0, 0.05) is 0 Å². The number of guanidine groups is 1. The average molecular weight is 224 g/mol.